The lowest BCUT2D eigenvalue weighted by Crippen LogP contribution is -2.11. The van der Waals surface area contributed by atoms with Crippen molar-refractivity contribution in [1.29, 1.82) is 0 Å². The number of halogens is 1. The monoisotopic (exact) mass is 155 g/mol. The third-order valence-electron chi connectivity index (χ3n) is 1.48. The molecule has 0 saturated heterocycles. The van der Waals surface area contributed by atoms with Gasteiger partial charge in [-0.25, -0.2) is 4.39 Å². The smallest absolute Gasteiger partial charge is 0.123 e. The lowest BCUT2D eigenvalue weighted by Gasteiger charge is -2.06. The molecule has 0 saturated carbocycles. The average molecular weight is 155 g/mol. The van der Waals surface area contributed by atoms with E-state index in [0.29, 0.717) is 5.56 Å². The van der Waals surface area contributed by atoms with Crippen LogP contribution in [0, 0.1) is 5.82 Å². The average Bonchev–Trinajstić information content (AvgIpc) is 2.05. The molecule has 0 spiro atoms. The van der Waals surface area contributed by atoms with Gasteiger partial charge in [-0.3, -0.25) is 0 Å². The predicted octanol–water partition coefficient (Wildman–Crippen LogP) is 0.818. The molecule has 0 unspecified atom stereocenters. The maximum Gasteiger partial charge on any atom is 0.123 e. The number of hydrogen-bond acceptors (Lipinski definition) is 2. The Morgan fingerprint density at radius 3 is 2.36 bits per heavy atom. The van der Waals surface area contributed by atoms with Crippen LogP contribution in [0.2, 0.25) is 0 Å². The van der Waals surface area contributed by atoms with Gasteiger partial charge in [-0.2, -0.15) is 0 Å². The molecule has 3 heteroatoms. The molecule has 2 nitrogen and oxygen atoms in total. The fraction of sp³-hybridized carbons (Fsp3) is 0.250. The van der Waals surface area contributed by atoms with Crippen LogP contribution in [0.3, 0.4) is 0 Å². The van der Waals surface area contributed by atoms with Crippen LogP contribution in [0.15, 0.2) is 24.3 Å². The molecule has 0 fully saturated rings. The fourth-order valence-electron chi connectivity index (χ4n) is 0.821. The summed E-state index contributed by atoms with van der Waals surface area (Å²) in [5.74, 6) is -0.307. The van der Waals surface area contributed by atoms with E-state index in [9.17, 15) is 9.50 Å². The van der Waals surface area contributed by atoms with Crippen LogP contribution in [0.1, 0.15) is 11.7 Å². The van der Waals surface area contributed by atoms with Gasteiger partial charge in [0.15, 0.2) is 0 Å². The van der Waals surface area contributed by atoms with E-state index >= 15 is 0 Å². The summed E-state index contributed by atoms with van der Waals surface area (Å²) >= 11 is 0. The summed E-state index contributed by atoms with van der Waals surface area (Å²) in [5.41, 5.74) is 5.85. The zero-order chi connectivity index (χ0) is 8.27. The first-order valence-corrected chi connectivity index (χ1v) is 3.37. The van der Waals surface area contributed by atoms with Crippen LogP contribution in [-0.4, -0.2) is 11.7 Å². The Hall–Kier alpha value is -0.930. The van der Waals surface area contributed by atoms with Crippen molar-refractivity contribution < 1.29 is 9.50 Å². The highest BCUT2D eigenvalue weighted by Crippen LogP contribution is 2.11. The Morgan fingerprint density at radius 1 is 1.36 bits per heavy atom. The lowest BCUT2D eigenvalue weighted by atomic mass is 10.1. The van der Waals surface area contributed by atoms with Gasteiger partial charge in [0.05, 0.1) is 6.10 Å². The Bertz CT molecular complexity index is 222. The van der Waals surface area contributed by atoms with Gasteiger partial charge < -0.3 is 10.8 Å². The minimum atomic E-state index is -0.685. The molecule has 0 heterocycles. The van der Waals surface area contributed by atoms with Gasteiger partial charge in [0.1, 0.15) is 5.82 Å². The molecule has 0 aromatic heterocycles. The van der Waals surface area contributed by atoms with Crippen molar-refractivity contribution in [2.75, 3.05) is 6.54 Å². The molecule has 11 heavy (non-hydrogen) atoms. The Labute approximate surface area is 64.5 Å². The summed E-state index contributed by atoms with van der Waals surface area (Å²) in [6.45, 7) is 0.158. The number of benzene rings is 1. The van der Waals surface area contributed by atoms with Crippen molar-refractivity contribution in [2.24, 2.45) is 5.73 Å². The molecule has 0 aliphatic carbocycles. The van der Waals surface area contributed by atoms with Crippen LogP contribution in [-0.2, 0) is 0 Å². The third-order valence-corrected chi connectivity index (χ3v) is 1.48. The Kier molecular flexibility index (Phi) is 2.57. The van der Waals surface area contributed by atoms with E-state index in [1.807, 2.05) is 0 Å². The maximum absolute atomic E-state index is 12.3. The number of rotatable bonds is 2. The van der Waals surface area contributed by atoms with Gasteiger partial charge in [-0.1, -0.05) is 12.1 Å². The maximum atomic E-state index is 12.3. The zero-order valence-corrected chi connectivity index (χ0v) is 6.00. The molecule has 1 rings (SSSR count). The molecule has 1 aromatic rings. The Balaban J connectivity index is 2.81. The molecular weight excluding hydrogens is 145 g/mol. The van der Waals surface area contributed by atoms with Gasteiger partial charge >= 0.3 is 0 Å². The molecule has 3 N–H and O–H groups in total. The molecule has 0 aliphatic rings. The molecular formula is C8H10FNO. The van der Waals surface area contributed by atoms with E-state index in [1.54, 1.807) is 0 Å². The topological polar surface area (TPSA) is 46.2 Å². The second kappa shape index (κ2) is 3.46. The highest BCUT2D eigenvalue weighted by Gasteiger charge is 2.03. The van der Waals surface area contributed by atoms with Gasteiger partial charge in [0.2, 0.25) is 0 Å². The molecule has 0 bridgehead atoms. The summed E-state index contributed by atoms with van der Waals surface area (Å²) in [7, 11) is 0. The van der Waals surface area contributed by atoms with Gasteiger partial charge in [0.25, 0.3) is 0 Å². The predicted molar refractivity (Wildman–Crippen MR) is 40.4 cm³/mol. The SMILES string of the molecule is NC[C@@H](O)c1ccc(F)cc1. The fourth-order valence-corrected chi connectivity index (χ4v) is 0.821. The van der Waals surface area contributed by atoms with Crippen molar-refractivity contribution >= 4 is 0 Å². The van der Waals surface area contributed by atoms with Crippen LogP contribution in [0.4, 0.5) is 4.39 Å². The van der Waals surface area contributed by atoms with Crippen LogP contribution >= 0.6 is 0 Å². The summed E-state index contributed by atoms with van der Waals surface area (Å²) in [6, 6.07) is 5.64. The molecule has 1 atom stereocenters. The molecule has 0 amide bonds. The Morgan fingerprint density at radius 2 is 1.91 bits per heavy atom. The van der Waals surface area contributed by atoms with E-state index < -0.39 is 6.10 Å². The van der Waals surface area contributed by atoms with Gasteiger partial charge in [-0.15, -0.1) is 0 Å². The van der Waals surface area contributed by atoms with E-state index in [1.165, 1.54) is 24.3 Å². The second-order valence-electron chi connectivity index (χ2n) is 2.30. The number of aliphatic hydroxyl groups is 1. The molecule has 0 aliphatic heterocycles. The van der Waals surface area contributed by atoms with E-state index in [4.69, 9.17) is 5.73 Å². The summed E-state index contributed by atoms with van der Waals surface area (Å²) in [6.07, 6.45) is -0.685. The normalized spacial score (nSPS) is 13.0. The lowest BCUT2D eigenvalue weighted by molar-refractivity contribution is 0.186. The minimum absolute atomic E-state index is 0.158. The zero-order valence-electron chi connectivity index (χ0n) is 6.00. The van der Waals surface area contributed by atoms with Crippen molar-refractivity contribution in [3.63, 3.8) is 0 Å². The van der Waals surface area contributed by atoms with E-state index in [0.717, 1.165) is 0 Å². The summed E-state index contributed by atoms with van der Waals surface area (Å²) < 4.78 is 12.3. The molecule has 0 radical (unpaired) electrons. The van der Waals surface area contributed by atoms with Crippen molar-refractivity contribution in [1.82, 2.24) is 0 Å². The standard InChI is InChI=1S/C8H10FNO/c9-7-3-1-6(2-4-7)8(11)5-10/h1-4,8,11H,5,10H2/t8-/m1/s1. The van der Waals surface area contributed by atoms with E-state index in [2.05, 4.69) is 0 Å². The molecule has 1 aromatic carbocycles. The highest BCUT2D eigenvalue weighted by atomic mass is 19.1. The summed E-state index contributed by atoms with van der Waals surface area (Å²) in [4.78, 5) is 0. The quantitative estimate of drug-likeness (QED) is 0.664. The second-order valence-corrected chi connectivity index (χ2v) is 2.30. The van der Waals surface area contributed by atoms with Crippen LogP contribution in [0.5, 0.6) is 0 Å². The largest absolute Gasteiger partial charge is 0.387 e. The number of nitrogens with two attached hydrogens (primary N) is 1. The van der Waals surface area contributed by atoms with Crippen LogP contribution < -0.4 is 5.73 Å². The first-order valence-electron chi connectivity index (χ1n) is 3.37. The van der Waals surface area contributed by atoms with E-state index in [-0.39, 0.29) is 12.4 Å². The highest BCUT2D eigenvalue weighted by molar-refractivity contribution is 5.18. The first kappa shape index (κ1) is 8.17. The molecule has 60 valence electrons. The van der Waals surface area contributed by atoms with Crippen LogP contribution in [0.25, 0.3) is 0 Å². The van der Waals surface area contributed by atoms with Gasteiger partial charge in [0, 0.05) is 6.54 Å². The van der Waals surface area contributed by atoms with Crippen molar-refractivity contribution in [2.45, 2.75) is 6.10 Å². The van der Waals surface area contributed by atoms with Gasteiger partial charge in [-0.05, 0) is 17.7 Å². The van der Waals surface area contributed by atoms with Crippen molar-refractivity contribution in [3.8, 4) is 0 Å². The number of aliphatic hydroxyl groups excluding tert-OH is 1. The third kappa shape index (κ3) is 2.00. The minimum Gasteiger partial charge on any atom is -0.387 e. The summed E-state index contributed by atoms with van der Waals surface area (Å²) in [5, 5.41) is 9.17. The van der Waals surface area contributed by atoms with Crippen molar-refractivity contribution in [3.05, 3.63) is 35.6 Å². The first-order chi connectivity index (χ1) is 5.24. The number of hydrogen-bond donors (Lipinski definition) is 2.